The second kappa shape index (κ2) is 5.67. The zero-order valence-electron chi connectivity index (χ0n) is 9.82. The van der Waals surface area contributed by atoms with E-state index in [0.717, 1.165) is 6.26 Å². The lowest BCUT2D eigenvalue weighted by atomic mass is 10.0. The summed E-state index contributed by atoms with van der Waals surface area (Å²) in [5.74, 6) is 0. The molecule has 3 nitrogen and oxygen atoms in total. The molecule has 18 heavy (non-hydrogen) atoms. The van der Waals surface area contributed by atoms with E-state index in [2.05, 4.69) is 15.9 Å². The third kappa shape index (κ3) is 3.02. The fourth-order valence-electron chi connectivity index (χ4n) is 1.61. The quantitative estimate of drug-likeness (QED) is 0.818. The minimum Gasteiger partial charge on any atom is -0.386 e. The summed E-state index contributed by atoms with van der Waals surface area (Å²) < 4.78 is 22.1. The van der Waals surface area contributed by atoms with Gasteiger partial charge in [0, 0.05) is 21.9 Å². The fourth-order valence-corrected chi connectivity index (χ4v) is 3.43. The molecule has 0 spiro atoms. The monoisotopic (exact) mass is 374 g/mol. The van der Waals surface area contributed by atoms with Crippen LogP contribution in [0.25, 0.3) is 0 Å². The van der Waals surface area contributed by atoms with Crippen molar-refractivity contribution in [2.24, 2.45) is 0 Å². The van der Waals surface area contributed by atoms with Crippen LogP contribution in [0.2, 0.25) is 10.0 Å². The molecule has 0 amide bonds. The van der Waals surface area contributed by atoms with Crippen LogP contribution >= 0.6 is 39.1 Å². The van der Waals surface area contributed by atoms with Crippen LogP contribution in [-0.4, -0.2) is 23.4 Å². The number of aliphatic hydroxyl groups is 1. The maximum atomic E-state index is 11.8. The molecule has 0 heterocycles. The summed E-state index contributed by atoms with van der Waals surface area (Å²) in [6, 6.07) is 4.54. The highest BCUT2D eigenvalue weighted by Crippen LogP contribution is 2.43. The van der Waals surface area contributed by atoms with Crippen molar-refractivity contribution in [1.82, 2.24) is 0 Å². The summed E-state index contributed by atoms with van der Waals surface area (Å²) >= 11 is 14.9. The Hall–Kier alpha value is 0.190. The van der Waals surface area contributed by atoms with Crippen LogP contribution in [0.5, 0.6) is 0 Å². The van der Waals surface area contributed by atoms with Crippen LogP contribution in [0.15, 0.2) is 18.2 Å². The summed E-state index contributed by atoms with van der Waals surface area (Å²) in [7, 11) is -3.51. The molecule has 0 aromatic heterocycles. The van der Waals surface area contributed by atoms with E-state index in [0.29, 0.717) is 10.6 Å². The third-order valence-corrected chi connectivity index (χ3v) is 7.83. The number of sulfone groups is 1. The van der Waals surface area contributed by atoms with Gasteiger partial charge in [-0.05, 0) is 18.6 Å². The topological polar surface area (TPSA) is 54.4 Å². The van der Waals surface area contributed by atoms with Crippen LogP contribution in [0.1, 0.15) is 25.0 Å². The van der Waals surface area contributed by atoms with Gasteiger partial charge in [-0.3, -0.25) is 0 Å². The Balaban J connectivity index is 3.32. The van der Waals surface area contributed by atoms with Crippen molar-refractivity contribution < 1.29 is 13.5 Å². The first-order valence-electron chi connectivity index (χ1n) is 5.15. The number of halogens is 3. The first-order valence-corrected chi connectivity index (χ1v) is 8.59. The van der Waals surface area contributed by atoms with Gasteiger partial charge in [-0.15, -0.1) is 0 Å². The molecule has 0 aliphatic heterocycles. The van der Waals surface area contributed by atoms with E-state index >= 15 is 0 Å². The van der Waals surface area contributed by atoms with Gasteiger partial charge in [0.15, 0.2) is 13.5 Å². The summed E-state index contributed by atoms with van der Waals surface area (Å²) in [5.41, 5.74) is 0.324. The Kier molecular flexibility index (Phi) is 5.12. The Labute approximate surface area is 125 Å². The third-order valence-electron chi connectivity index (χ3n) is 2.76. The van der Waals surface area contributed by atoms with E-state index in [1.165, 1.54) is 12.1 Å². The summed E-state index contributed by atoms with van der Waals surface area (Å²) in [6.07, 6.45) is -0.00758. The maximum absolute atomic E-state index is 11.8. The highest BCUT2D eigenvalue weighted by atomic mass is 79.9. The van der Waals surface area contributed by atoms with E-state index in [-0.39, 0.29) is 11.4 Å². The van der Waals surface area contributed by atoms with Crippen molar-refractivity contribution in [1.29, 1.82) is 0 Å². The fraction of sp³-hybridized carbons (Fsp3) is 0.455. The van der Waals surface area contributed by atoms with Crippen LogP contribution < -0.4 is 0 Å². The van der Waals surface area contributed by atoms with Gasteiger partial charge in [0.25, 0.3) is 0 Å². The second-order valence-corrected chi connectivity index (χ2v) is 9.04. The van der Waals surface area contributed by atoms with Gasteiger partial charge in [0.1, 0.15) is 6.10 Å². The van der Waals surface area contributed by atoms with Crippen LogP contribution in [0, 0.1) is 0 Å². The molecule has 0 unspecified atom stereocenters. The average Bonchev–Trinajstić information content (AvgIpc) is 2.25. The highest BCUT2D eigenvalue weighted by Gasteiger charge is 2.44. The Morgan fingerprint density at radius 1 is 1.44 bits per heavy atom. The number of aliphatic hydroxyl groups excluding tert-OH is 1. The number of hydrogen-bond donors (Lipinski definition) is 1. The van der Waals surface area contributed by atoms with Gasteiger partial charge >= 0.3 is 0 Å². The number of benzene rings is 1. The Morgan fingerprint density at radius 3 is 2.39 bits per heavy atom. The van der Waals surface area contributed by atoms with Gasteiger partial charge in [-0.25, -0.2) is 8.42 Å². The van der Waals surface area contributed by atoms with E-state index in [1.807, 2.05) is 0 Å². The molecule has 1 aromatic rings. The van der Waals surface area contributed by atoms with Gasteiger partial charge in [-0.2, -0.15) is 0 Å². The second-order valence-electron chi connectivity index (χ2n) is 3.98. The summed E-state index contributed by atoms with van der Waals surface area (Å²) in [4.78, 5) is 0. The van der Waals surface area contributed by atoms with E-state index in [4.69, 9.17) is 23.2 Å². The molecule has 1 rings (SSSR count). The molecule has 7 heteroatoms. The predicted molar refractivity (Wildman–Crippen MR) is 78.2 cm³/mol. The average molecular weight is 376 g/mol. The minimum atomic E-state index is -3.51. The number of rotatable bonds is 4. The minimum absolute atomic E-state index is 0.200. The normalized spacial score (nSPS) is 17.2. The molecule has 1 aromatic carbocycles. The smallest absolute Gasteiger partial charge is 0.166 e. The summed E-state index contributed by atoms with van der Waals surface area (Å²) in [6.45, 7) is 1.67. The molecular weight excluding hydrogens is 363 g/mol. The SMILES string of the molecule is CC[C@@](Br)([C@H](O)c1ccc(Cl)cc1Cl)S(C)(=O)=O. The lowest BCUT2D eigenvalue weighted by Gasteiger charge is -2.30. The lowest BCUT2D eigenvalue weighted by Crippen LogP contribution is -2.37. The van der Waals surface area contributed by atoms with E-state index < -0.39 is 19.6 Å². The predicted octanol–water partition coefficient (Wildman–Crippen LogP) is 3.57. The van der Waals surface area contributed by atoms with Crippen LogP contribution in [-0.2, 0) is 9.84 Å². The van der Waals surface area contributed by atoms with Gasteiger partial charge in [-0.1, -0.05) is 52.1 Å². The van der Waals surface area contributed by atoms with E-state index in [9.17, 15) is 13.5 Å². The molecule has 0 fully saturated rings. The molecule has 102 valence electrons. The van der Waals surface area contributed by atoms with Crippen molar-refractivity contribution >= 4 is 49.0 Å². The Bertz CT molecular complexity index is 547. The number of hydrogen-bond acceptors (Lipinski definition) is 3. The molecular formula is C11H13BrCl2O3S. The molecule has 0 saturated carbocycles. The van der Waals surface area contributed by atoms with Crippen LogP contribution in [0.4, 0.5) is 0 Å². The highest BCUT2D eigenvalue weighted by molar-refractivity contribution is 9.11. The lowest BCUT2D eigenvalue weighted by molar-refractivity contribution is 0.160. The van der Waals surface area contributed by atoms with Gasteiger partial charge in [0.05, 0.1) is 0 Å². The molecule has 2 atom stereocenters. The maximum Gasteiger partial charge on any atom is 0.166 e. The van der Waals surface area contributed by atoms with Crippen molar-refractivity contribution in [3.63, 3.8) is 0 Å². The largest absolute Gasteiger partial charge is 0.386 e. The molecule has 0 bridgehead atoms. The zero-order valence-corrected chi connectivity index (χ0v) is 13.7. The van der Waals surface area contributed by atoms with Gasteiger partial charge in [0.2, 0.25) is 0 Å². The molecule has 0 saturated heterocycles. The Morgan fingerprint density at radius 2 is 2.00 bits per heavy atom. The van der Waals surface area contributed by atoms with Crippen molar-refractivity contribution in [2.45, 2.75) is 23.1 Å². The van der Waals surface area contributed by atoms with E-state index in [1.54, 1.807) is 13.0 Å². The molecule has 1 N–H and O–H groups in total. The zero-order chi connectivity index (χ0) is 14.1. The number of alkyl halides is 1. The van der Waals surface area contributed by atoms with Crippen molar-refractivity contribution in [3.8, 4) is 0 Å². The van der Waals surface area contributed by atoms with Gasteiger partial charge < -0.3 is 5.11 Å². The molecule has 0 aliphatic rings. The molecule has 0 radical (unpaired) electrons. The molecule has 0 aliphatic carbocycles. The standard InChI is InChI=1S/C11H13BrCl2O3S/c1-3-11(12,18(2,16)17)10(15)8-5-4-7(13)6-9(8)14/h4-6,10,15H,3H2,1-2H3/t10-,11+/m1/s1. The first-order chi connectivity index (χ1) is 8.13. The van der Waals surface area contributed by atoms with Crippen molar-refractivity contribution in [3.05, 3.63) is 33.8 Å². The summed E-state index contributed by atoms with van der Waals surface area (Å²) in [5, 5.41) is 10.9. The first kappa shape index (κ1) is 16.2. The van der Waals surface area contributed by atoms with Crippen LogP contribution in [0.3, 0.4) is 0 Å². The van der Waals surface area contributed by atoms with Crippen molar-refractivity contribution in [2.75, 3.05) is 6.26 Å².